The molecule has 1 spiro atoms. The van der Waals surface area contributed by atoms with Crippen LogP contribution in [0.4, 0.5) is 0 Å². The summed E-state index contributed by atoms with van der Waals surface area (Å²) in [6.07, 6.45) is 3.77. The average Bonchev–Trinajstić information content (AvgIpc) is 3.09. The number of rotatable bonds is 5. The Kier molecular flexibility index (Phi) is 5.88. The molecule has 0 atom stereocenters. The molecule has 0 aliphatic carbocycles. The van der Waals surface area contributed by atoms with E-state index in [4.69, 9.17) is 9.47 Å². The van der Waals surface area contributed by atoms with Gasteiger partial charge in [-0.15, -0.1) is 0 Å². The summed E-state index contributed by atoms with van der Waals surface area (Å²) in [5.74, 6) is -0.315. The molecule has 142 valence electrons. The number of piperidine rings is 1. The van der Waals surface area contributed by atoms with Gasteiger partial charge in [-0.25, -0.2) is 0 Å². The van der Waals surface area contributed by atoms with Crippen LogP contribution in [0.5, 0.6) is 0 Å². The van der Waals surface area contributed by atoms with Crippen molar-refractivity contribution in [3.05, 3.63) is 29.6 Å². The molecule has 2 aliphatic rings. The van der Waals surface area contributed by atoms with Crippen LogP contribution in [-0.4, -0.2) is 60.3 Å². The van der Waals surface area contributed by atoms with E-state index in [0.717, 1.165) is 6.42 Å². The molecule has 2 fully saturated rings. The highest BCUT2D eigenvalue weighted by Crippen LogP contribution is 2.31. The molecule has 0 radical (unpaired) electrons. The minimum atomic E-state index is -0.503. The molecule has 0 unspecified atom stereocenters. The van der Waals surface area contributed by atoms with E-state index in [2.05, 4.69) is 24.1 Å². The maximum atomic E-state index is 12.8. The number of likely N-dealkylation sites (tertiary alicyclic amines) is 1. The lowest BCUT2D eigenvalue weighted by molar-refractivity contribution is -0.181. The highest BCUT2D eigenvalue weighted by molar-refractivity contribution is 5.98. The van der Waals surface area contributed by atoms with Crippen molar-refractivity contribution < 1.29 is 19.1 Å². The normalized spacial score (nSPS) is 19.1. The summed E-state index contributed by atoms with van der Waals surface area (Å²) >= 11 is 0. The van der Waals surface area contributed by atoms with Crippen molar-refractivity contribution >= 4 is 11.8 Å². The molecular weight excluding hydrogens is 334 g/mol. The summed E-state index contributed by atoms with van der Waals surface area (Å²) in [5, 5.41) is 2.85. The largest absolute Gasteiger partial charge is 0.351 e. The lowest BCUT2D eigenvalue weighted by Crippen LogP contribution is -2.47. The summed E-state index contributed by atoms with van der Waals surface area (Å²) < 4.78 is 11.4. The SMILES string of the molecule is CC(C)CCNC(=O)c1cc(C(=O)N2CCC3(CC2)OCCO3)ccn1. The number of carbonyl (C=O) groups excluding carboxylic acids is 2. The van der Waals surface area contributed by atoms with Gasteiger partial charge in [0.1, 0.15) is 5.69 Å². The Balaban J connectivity index is 1.59. The van der Waals surface area contributed by atoms with Crippen LogP contribution in [-0.2, 0) is 9.47 Å². The van der Waals surface area contributed by atoms with Gasteiger partial charge in [0.2, 0.25) is 0 Å². The minimum Gasteiger partial charge on any atom is -0.351 e. The van der Waals surface area contributed by atoms with Gasteiger partial charge >= 0.3 is 0 Å². The van der Waals surface area contributed by atoms with Crippen molar-refractivity contribution in [2.24, 2.45) is 5.92 Å². The number of aromatic nitrogens is 1. The minimum absolute atomic E-state index is 0.0866. The predicted octanol–water partition coefficient (Wildman–Crippen LogP) is 1.84. The van der Waals surface area contributed by atoms with Gasteiger partial charge in [0.25, 0.3) is 11.8 Å². The van der Waals surface area contributed by atoms with Crippen molar-refractivity contribution in [1.82, 2.24) is 15.2 Å². The van der Waals surface area contributed by atoms with E-state index in [0.29, 0.717) is 57.2 Å². The first-order chi connectivity index (χ1) is 12.5. The standard InChI is InChI=1S/C19H27N3O4/c1-14(2)3-7-21-17(23)16-13-15(4-8-20-16)18(24)22-9-5-19(6-10-22)25-11-12-26-19/h4,8,13-14H,3,5-7,9-12H2,1-2H3,(H,21,23). The maximum absolute atomic E-state index is 12.8. The summed E-state index contributed by atoms with van der Waals surface area (Å²) in [6.45, 7) is 7.21. The highest BCUT2D eigenvalue weighted by Gasteiger charge is 2.40. The lowest BCUT2D eigenvalue weighted by Gasteiger charge is -2.37. The Bertz CT molecular complexity index is 646. The second-order valence-corrected chi connectivity index (χ2v) is 7.27. The first-order valence-electron chi connectivity index (χ1n) is 9.30. The Hall–Kier alpha value is -1.99. The lowest BCUT2D eigenvalue weighted by atomic mass is 10.0. The molecule has 1 aromatic rings. The fraction of sp³-hybridized carbons (Fsp3) is 0.632. The monoisotopic (exact) mass is 361 g/mol. The molecule has 0 aromatic carbocycles. The zero-order valence-electron chi connectivity index (χ0n) is 15.5. The summed E-state index contributed by atoms with van der Waals surface area (Å²) in [4.78, 5) is 30.9. The van der Waals surface area contributed by atoms with Gasteiger partial charge < -0.3 is 19.7 Å². The number of pyridine rings is 1. The second kappa shape index (κ2) is 8.14. The quantitative estimate of drug-likeness (QED) is 0.865. The van der Waals surface area contributed by atoms with Gasteiger partial charge in [0, 0.05) is 44.2 Å². The van der Waals surface area contributed by atoms with Gasteiger partial charge in [-0.1, -0.05) is 13.8 Å². The summed E-state index contributed by atoms with van der Waals surface area (Å²) in [5.41, 5.74) is 0.758. The van der Waals surface area contributed by atoms with E-state index in [1.807, 2.05) is 0 Å². The molecular formula is C19H27N3O4. The topological polar surface area (TPSA) is 80.8 Å². The average molecular weight is 361 g/mol. The number of nitrogens with one attached hydrogen (secondary N) is 1. The Morgan fingerprint density at radius 1 is 1.27 bits per heavy atom. The van der Waals surface area contributed by atoms with Crippen LogP contribution < -0.4 is 5.32 Å². The molecule has 3 rings (SSSR count). The smallest absolute Gasteiger partial charge is 0.269 e. The number of ether oxygens (including phenoxy) is 2. The Morgan fingerprint density at radius 2 is 1.96 bits per heavy atom. The molecule has 26 heavy (non-hydrogen) atoms. The van der Waals surface area contributed by atoms with E-state index >= 15 is 0 Å². The molecule has 0 bridgehead atoms. The van der Waals surface area contributed by atoms with Crippen LogP contribution in [0, 0.1) is 5.92 Å². The van der Waals surface area contributed by atoms with Gasteiger partial charge in [0.05, 0.1) is 13.2 Å². The molecule has 1 N–H and O–H groups in total. The first kappa shape index (κ1) is 18.8. The molecule has 3 heterocycles. The third-order valence-electron chi connectivity index (χ3n) is 4.87. The predicted molar refractivity (Wildman–Crippen MR) is 95.8 cm³/mol. The number of carbonyl (C=O) groups is 2. The van der Waals surface area contributed by atoms with Gasteiger partial charge in [-0.05, 0) is 24.5 Å². The van der Waals surface area contributed by atoms with Crippen LogP contribution >= 0.6 is 0 Å². The van der Waals surface area contributed by atoms with Crippen LogP contribution in [0.15, 0.2) is 18.3 Å². The zero-order chi connectivity index (χ0) is 18.6. The number of hydrogen-bond acceptors (Lipinski definition) is 5. The van der Waals surface area contributed by atoms with E-state index in [-0.39, 0.29) is 17.5 Å². The fourth-order valence-corrected chi connectivity index (χ4v) is 3.27. The van der Waals surface area contributed by atoms with Crippen molar-refractivity contribution in [1.29, 1.82) is 0 Å². The van der Waals surface area contributed by atoms with Crippen LogP contribution in [0.3, 0.4) is 0 Å². The maximum Gasteiger partial charge on any atom is 0.269 e. The van der Waals surface area contributed by atoms with Crippen LogP contribution in [0.25, 0.3) is 0 Å². The van der Waals surface area contributed by atoms with Crippen molar-refractivity contribution in [2.45, 2.75) is 38.9 Å². The summed E-state index contributed by atoms with van der Waals surface area (Å²) in [7, 11) is 0. The number of hydrogen-bond donors (Lipinski definition) is 1. The zero-order valence-corrected chi connectivity index (χ0v) is 15.5. The molecule has 1 aromatic heterocycles. The first-order valence-corrected chi connectivity index (χ1v) is 9.30. The van der Waals surface area contributed by atoms with Crippen molar-refractivity contribution in [3.63, 3.8) is 0 Å². The Morgan fingerprint density at radius 3 is 2.62 bits per heavy atom. The van der Waals surface area contributed by atoms with Gasteiger partial charge in [-0.2, -0.15) is 0 Å². The van der Waals surface area contributed by atoms with Crippen LogP contribution in [0.1, 0.15) is 54.0 Å². The number of nitrogens with zero attached hydrogens (tertiary/aromatic N) is 2. The van der Waals surface area contributed by atoms with Gasteiger partial charge in [-0.3, -0.25) is 14.6 Å². The highest BCUT2D eigenvalue weighted by atomic mass is 16.7. The van der Waals surface area contributed by atoms with E-state index in [1.54, 1.807) is 17.0 Å². The molecule has 2 saturated heterocycles. The number of amides is 2. The molecule has 7 nitrogen and oxygen atoms in total. The van der Waals surface area contributed by atoms with Gasteiger partial charge in [0.15, 0.2) is 5.79 Å². The molecule has 2 aliphatic heterocycles. The van der Waals surface area contributed by atoms with Crippen LogP contribution in [0.2, 0.25) is 0 Å². The Labute approximate surface area is 154 Å². The van der Waals surface area contributed by atoms with E-state index in [9.17, 15) is 9.59 Å². The third-order valence-corrected chi connectivity index (χ3v) is 4.87. The van der Waals surface area contributed by atoms with Crippen molar-refractivity contribution in [2.75, 3.05) is 32.8 Å². The fourth-order valence-electron chi connectivity index (χ4n) is 3.27. The van der Waals surface area contributed by atoms with E-state index in [1.165, 1.54) is 6.20 Å². The molecule has 2 amide bonds. The molecule has 0 saturated carbocycles. The third kappa shape index (κ3) is 4.40. The van der Waals surface area contributed by atoms with E-state index < -0.39 is 5.79 Å². The second-order valence-electron chi connectivity index (χ2n) is 7.27. The summed E-state index contributed by atoms with van der Waals surface area (Å²) in [6, 6.07) is 3.22. The van der Waals surface area contributed by atoms with Crippen molar-refractivity contribution in [3.8, 4) is 0 Å². The molecule has 7 heteroatoms.